The number of nitrogens with one attached hydrogen (secondary N) is 1. The molecule has 0 radical (unpaired) electrons. The number of aliphatic hydroxyl groups excluding tert-OH is 1. The number of allylic oxidation sites excluding steroid dienone is 2. The highest BCUT2D eigenvalue weighted by Crippen LogP contribution is 2.30. The van der Waals surface area contributed by atoms with Crippen molar-refractivity contribution in [3.8, 4) is 0 Å². The summed E-state index contributed by atoms with van der Waals surface area (Å²) in [6, 6.07) is 0. The standard InChI is InChI=1S/C23H37NO3/c1-2-3-4-5-6-7-8-9-10-11-12-13-15-19-21(25)20-18(16-14-17-24-20)22(26)23(19)27/h24-25H,2-17H2,1H3. The van der Waals surface area contributed by atoms with Gasteiger partial charge in [0.1, 0.15) is 5.76 Å². The molecule has 4 nitrogen and oxygen atoms in total. The Morgan fingerprint density at radius 1 is 0.815 bits per heavy atom. The predicted octanol–water partition coefficient (Wildman–Crippen LogP) is 5.68. The molecule has 0 fully saturated rings. The first-order valence-corrected chi connectivity index (χ1v) is 11.1. The Balaban J connectivity index is 1.61. The van der Waals surface area contributed by atoms with Crippen LogP contribution in [-0.4, -0.2) is 23.2 Å². The lowest BCUT2D eigenvalue weighted by Gasteiger charge is -2.25. The van der Waals surface area contributed by atoms with Crippen LogP contribution in [0.4, 0.5) is 0 Å². The van der Waals surface area contributed by atoms with Gasteiger partial charge in [-0.25, -0.2) is 0 Å². The van der Waals surface area contributed by atoms with Crippen LogP contribution in [0.2, 0.25) is 0 Å². The van der Waals surface area contributed by atoms with E-state index in [-0.39, 0.29) is 5.76 Å². The van der Waals surface area contributed by atoms with Crippen molar-refractivity contribution in [3.63, 3.8) is 0 Å². The quantitative estimate of drug-likeness (QED) is 0.247. The largest absolute Gasteiger partial charge is 0.505 e. The van der Waals surface area contributed by atoms with E-state index in [1.54, 1.807) is 0 Å². The fraction of sp³-hybridized carbons (Fsp3) is 0.739. The third kappa shape index (κ3) is 6.51. The number of unbranched alkanes of at least 4 members (excludes halogenated alkanes) is 11. The summed E-state index contributed by atoms with van der Waals surface area (Å²) < 4.78 is 0. The maximum absolute atomic E-state index is 12.3. The molecule has 0 bridgehead atoms. The van der Waals surface area contributed by atoms with Crippen molar-refractivity contribution < 1.29 is 14.7 Å². The normalized spacial score (nSPS) is 17.4. The second kappa shape index (κ2) is 12.0. The molecule has 4 heteroatoms. The van der Waals surface area contributed by atoms with Crippen molar-refractivity contribution in [3.05, 3.63) is 22.6 Å². The van der Waals surface area contributed by atoms with Crippen LogP contribution in [0.5, 0.6) is 0 Å². The van der Waals surface area contributed by atoms with E-state index in [0.717, 1.165) is 32.2 Å². The van der Waals surface area contributed by atoms with Gasteiger partial charge in [-0.2, -0.15) is 0 Å². The van der Waals surface area contributed by atoms with Gasteiger partial charge in [-0.1, -0.05) is 77.6 Å². The third-order valence-corrected chi connectivity index (χ3v) is 5.76. The Morgan fingerprint density at radius 3 is 1.96 bits per heavy atom. The second-order valence-electron chi connectivity index (χ2n) is 8.01. The molecule has 152 valence electrons. The minimum Gasteiger partial charge on any atom is -0.505 e. The number of hydrogen-bond acceptors (Lipinski definition) is 4. The average Bonchev–Trinajstić information content (AvgIpc) is 2.69. The number of rotatable bonds is 13. The Bertz CT molecular complexity index is 574. The minimum absolute atomic E-state index is 0.0253. The predicted molar refractivity (Wildman–Crippen MR) is 110 cm³/mol. The smallest absolute Gasteiger partial charge is 0.233 e. The van der Waals surface area contributed by atoms with Crippen molar-refractivity contribution in [2.45, 2.75) is 103 Å². The zero-order valence-electron chi connectivity index (χ0n) is 17.1. The highest BCUT2D eigenvalue weighted by atomic mass is 16.3. The topological polar surface area (TPSA) is 66.4 Å². The third-order valence-electron chi connectivity index (χ3n) is 5.76. The molecule has 0 unspecified atom stereocenters. The van der Waals surface area contributed by atoms with E-state index in [1.165, 1.54) is 57.8 Å². The number of Topliss-reactive ketones (excluding diaryl/α,β-unsaturated/α-hetero) is 2. The van der Waals surface area contributed by atoms with Gasteiger partial charge in [0.2, 0.25) is 11.6 Å². The van der Waals surface area contributed by atoms with Gasteiger partial charge in [-0.3, -0.25) is 9.59 Å². The van der Waals surface area contributed by atoms with Crippen molar-refractivity contribution in [1.29, 1.82) is 0 Å². The molecule has 2 rings (SSSR count). The molecule has 0 saturated carbocycles. The molecule has 0 aromatic heterocycles. The molecule has 0 atom stereocenters. The number of hydrogen-bond donors (Lipinski definition) is 2. The number of aliphatic hydroxyl groups is 1. The van der Waals surface area contributed by atoms with Crippen molar-refractivity contribution >= 4 is 11.6 Å². The lowest BCUT2D eigenvalue weighted by Crippen LogP contribution is -2.34. The maximum atomic E-state index is 12.3. The number of carbonyl (C=O) groups excluding carboxylic acids is 2. The lowest BCUT2D eigenvalue weighted by molar-refractivity contribution is -0.132. The van der Waals surface area contributed by atoms with E-state index in [2.05, 4.69) is 12.2 Å². The Hall–Kier alpha value is -1.58. The first kappa shape index (κ1) is 21.7. The van der Waals surface area contributed by atoms with Crippen LogP contribution in [-0.2, 0) is 9.59 Å². The van der Waals surface area contributed by atoms with Gasteiger partial charge in [0, 0.05) is 17.7 Å². The summed E-state index contributed by atoms with van der Waals surface area (Å²) in [4.78, 5) is 24.5. The molecule has 1 aliphatic heterocycles. The van der Waals surface area contributed by atoms with E-state index in [0.29, 0.717) is 29.7 Å². The molecular formula is C23H37NO3. The first-order valence-electron chi connectivity index (χ1n) is 11.1. The SMILES string of the molecule is CCCCCCCCCCCCCCC1=C(O)C2=C(CCCN2)C(=O)C1=O. The van der Waals surface area contributed by atoms with Crippen LogP contribution in [0, 0.1) is 0 Å². The zero-order chi connectivity index (χ0) is 19.5. The van der Waals surface area contributed by atoms with E-state index < -0.39 is 11.6 Å². The van der Waals surface area contributed by atoms with Crippen LogP contribution in [0.3, 0.4) is 0 Å². The molecule has 1 aliphatic carbocycles. The molecule has 1 heterocycles. The van der Waals surface area contributed by atoms with Crippen LogP contribution in [0.25, 0.3) is 0 Å². The fourth-order valence-corrected chi connectivity index (χ4v) is 4.07. The van der Waals surface area contributed by atoms with Crippen LogP contribution >= 0.6 is 0 Å². The van der Waals surface area contributed by atoms with Gasteiger partial charge < -0.3 is 10.4 Å². The Labute approximate surface area is 164 Å². The summed E-state index contributed by atoms with van der Waals surface area (Å²) >= 11 is 0. The second-order valence-corrected chi connectivity index (χ2v) is 8.01. The van der Waals surface area contributed by atoms with Gasteiger partial charge in [0.25, 0.3) is 0 Å². The summed E-state index contributed by atoms with van der Waals surface area (Å²) in [5.41, 5.74) is 1.31. The van der Waals surface area contributed by atoms with Crippen LogP contribution in [0.1, 0.15) is 103 Å². The molecule has 0 saturated heterocycles. The van der Waals surface area contributed by atoms with Gasteiger partial charge in [-0.05, 0) is 25.7 Å². The van der Waals surface area contributed by atoms with Gasteiger partial charge >= 0.3 is 0 Å². The molecule has 2 aliphatic rings. The average molecular weight is 376 g/mol. The molecule has 0 spiro atoms. The number of carbonyl (C=O) groups is 2. The minimum atomic E-state index is -0.488. The monoisotopic (exact) mass is 375 g/mol. The summed E-state index contributed by atoms with van der Waals surface area (Å²) in [6.07, 6.45) is 17.0. The van der Waals surface area contributed by atoms with Crippen molar-refractivity contribution in [2.75, 3.05) is 6.54 Å². The number of ketones is 2. The summed E-state index contributed by atoms with van der Waals surface area (Å²) in [7, 11) is 0. The Morgan fingerprint density at radius 2 is 1.37 bits per heavy atom. The zero-order valence-corrected chi connectivity index (χ0v) is 17.1. The summed E-state index contributed by atoms with van der Waals surface area (Å²) in [5, 5.41) is 13.5. The molecule has 0 amide bonds. The highest BCUT2D eigenvalue weighted by Gasteiger charge is 2.35. The van der Waals surface area contributed by atoms with E-state index in [4.69, 9.17) is 0 Å². The molecule has 0 aromatic rings. The van der Waals surface area contributed by atoms with E-state index >= 15 is 0 Å². The summed E-state index contributed by atoms with van der Waals surface area (Å²) in [5.74, 6) is -0.876. The maximum Gasteiger partial charge on any atom is 0.233 e. The van der Waals surface area contributed by atoms with Crippen molar-refractivity contribution in [1.82, 2.24) is 5.32 Å². The Kier molecular flexibility index (Phi) is 9.65. The van der Waals surface area contributed by atoms with Crippen LogP contribution in [0.15, 0.2) is 22.6 Å². The van der Waals surface area contributed by atoms with Crippen LogP contribution < -0.4 is 5.32 Å². The molecule has 27 heavy (non-hydrogen) atoms. The highest BCUT2D eigenvalue weighted by molar-refractivity contribution is 6.50. The molecule has 2 N–H and O–H groups in total. The fourth-order valence-electron chi connectivity index (χ4n) is 4.07. The lowest BCUT2D eigenvalue weighted by atomic mass is 9.85. The molecular weight excluding hydrogens is 338 g/mol. The van der Waals surface area contributed by atoms with E-state index in [1.807, 2.05) is 0 Å². The van der Waals surface area contributed by atoms with Gasteiger partial charge in [0.05, 0.1) is 5.70 Å². The van der Waals surface area contributed by atoms with Crippen molar-refractivity contribution in [2.24, 2.45) is 0 Å². The van der Waals surface area contributed by atoms with Gasteiger partial charge in [-0.15, -0.1) is 0 Å². The molecule has 0 aromatic carbocycles. The van der Waals surface area contributed by atoms with E-state index in [9.17, 15) is 14.7 Å². The van der Waals surface area contributed by atoms with Gasteiger partial charge in [0.15, 0.2) is 0 Å². The summed E-state index contributed by atoms with van der Waals surface area (Å²) in [6.45, 7) is 3.00. The first-order chi connectivity index (χ1) is 13.2.